The SMILES string of the molecule is O=C(O)CC[C@@H](NC(=O)c1ccccc1C(=O)O)C(=O)O. The van der Waals surface area contributed by atoms with Crippen LogP contribution < -0.4 is 5.32 Å². The van der Waals surface area contributed by atoms with Gasteiger partial charge in [0.05, 0.1) is 11.1 Å². The van der Waals surface area contributed by atoms with Gasteiger partial charge >= 0.3 is 17.9 Å². The fourth-order valence-electron chi connectivity index (χ4n) is 1.63. The van der Waals surface area contributed by atoms with Gasteiger partial charge in [-0.15, -0.1) is 0 Å². The highest BCUT2D eigenvalue weighted by atomic mass is 16.4. The van der Waals surface area contributed by atoms with Crippen LogP contribution in [0.2, 0.25) is 0 Å². The van der Waals surface area contributed by atoms with E-state index in [0.717, 1.165) is 0 Å². The van der Waals surface area contributed by atoms with Crippen molar-refractivity contribution in [3.8, 4) is 0 Å². The van der Waals surface area contributed by atoms with E-state index in [1.54, 1.807) is 0 Å². The predicted molar refractivity (Wildman–Crippen MR) is 69.2 cm³/mol. The third-order valence-corrected chi connectivity index (χ3v) is 2.65. The quantitative estimate of drug-likeness (QED) is 0.571. The summed E-state index contributed by atoms with van der Waals surface area (Å²) in [4.78, 5) is 44.3. The molecule has 0 spiro atoms. The number of rotatable bonds is 7. The van der Waals surface area contributed by atoms with Crippen LogP contribution >= 0.6 is 0 Å². The molecule has 1 aromatic rings. The number of carboxylic acids is 3. The van der Waals surface area contributed by atoms with Crippen molar-refractivity contribution in [1.82, 2.24) is 5.32 Å². The molecule has 0 aliphatic heterocycles. The van der Waals surface area contributed by atoms with Gasteiger partial charge in [-0.25, -0.2) is 9.59 Å². The molecule has 112 valence electrons. The van der Waals surface area contributed by atoms with Gasteiger partial charge in [-0.3, -0.25) is 9.59 Å². The molecule has 0 heterocycles. The van der Waals surface area contributed by atoms with Gasteiger partial charge in [-0.05, 0) is 18.6 Å². The monoisotopic (exact) mass is 295 g/mol. The first-order valence-electron chi connectivity index (χ1n) is 5.90. The van der Waals surface area contributed by atoms with Crippen molar-refractivity contribution in [2.75, 3.05) is 0 Å². The third kappa shape index (κ3) is 4.60. The number of aliphatic carboxylic acids is 2. The van der Waals surface area contributed by atoms with Gasteiger partial charge in [0.2, 0.25) is 0 Å². The number of carbonyl (C=O) groups is 4. The topological polar surface area (TPSA) is 141 Å². The first-order chi connectivity index (χ1) is 9.82. The van der Waals surface area contributed by atoms with Crippen molar-refractivity contribution in [3.05, 3.63) is 35.4 Å². The standard InChI is InChI=1S/C13H13NO7/c15-10(16)6-5-9(13(20)21)14-11(17)7-3-1-2-4-8(7)12(18)19/h1-4,9H,5-6H2,(H,14,17)(H,15,16)(H,18,19)(H,20,21)/t9-/m1/s1. The van der Waals surface area contributed by atoms with Crippen molar-refractivity contribution >= 4 is 23.8 Å². The van der Waals surface area contributed by atoms with Crippen LogP contribution in [0.25, 0.3) is 0 Å². The van der Waals surface area contributed by atoms with Gasteiger partial charge < -0.3 is 20.6 Å². The molecule has 1 atom stereocenters. The Morgan fingerprint density at radius 2 is 1.57 bits per heavy atom. The molecule has 1 aromatic carbocycles. The number of carboxylic acid groups (broad SMARTS) is 3. The average Bonchev–Trinajstić information content (AvgIpc) is 2.42. The van der Waals surface area contributed by atoms with Crippen LogP contribution in [0.5, 0.6) is 0 Å². The van der Waals surface area contributed by atoms with Crippen molar-refractivity contribution in [3.63, 3.8) is 0 Å². The Labute approximate surface area is 119 Å². The van der Waals surface area contributed by atoms with E-state index in [9.17, 15) is 19.2 Å². The zero-order chi connectivity index (χ0) is 16.0. The van der Waals surface area contributed by atoms with Crippen LogP contribution in [0.4, 0.5) is 0 Å². The number of aromatic carboxylic acids is 1. The van der Waals surface area contributed by atoms with E-state index in [1.165, 1.54) is 24.3 Å². The summed E-state index contributed by atoms with van der Waals surface area (Å²) in [6.07, 6.45) is -0.733. The largest absolute Gasteiger partial charge is 0.481 e. The Bertz CT molecular complexity index is 582. The highest BCUT2D eigenvalue weighted by molar-refractivity contribution is 6.05. The molecule has 21 heavy (non-hydrogen) atoms. The highest BCUT2D eigenvalue weighted by Crippen LogP contribution is 2.10. The van der Waals surface area contributed by atoms with Gasteiger partial charge in [0, 0.05) is 6.42 Å². The fourth-order valence-corrected chi connectivity index (χ4v) is 1.63. The smallest absolute Gasteiger partial charge is 0.336 e. The van der Waals surface area contributed by atoms with Crippen LogP contribution in [0.15, 0.2) is 24.3 Å². The lowest BCUT2D eigenvalue weighted by Gasteiger charge is -2.14. The fraction of sp³-hybridized carbons (Fsp3) is 0.231. The average molecular weight is 295 g/mol. The molecule has 0 aliphatic carbocycles. The second kappa shape index (κ2) is 7.04. The Kier molecular flexibility index (Phi) is 5.41. The van der Waals surface area contributed by atoms with E-state index < -0.39 is 36.3 Å². The van der Waals surface area contributed by atoms with E-state index in [4.69, 9.17) is 15.3 Å². The van der Waals surface area contributed by atoms with Gasteiger partial charge in [0.15, 0.2) is 0 Å². The van der Waals surface area contributed by atoms with E-state index in [1.807, 2.05) is 0 Å². The minimum atomic E-state index is -1.41. The Balaban J connectivity index is 2.90. The molecule has 8 nitrogen and oxygen atoms in total. The lowest BCUT2D eigenvalue weighted by atomic mass is 10.1. The van der Waals surface area contributed by atoms with Crippen molar-refractivity contribution < 1.29 is 34.5 Å². The third-order valence-electron chi connectivity index (χ3n) is 2.65. The molecule has 0 radical (unpaired) electrons. The Morgan fingerprint density at radius 3 is 2.05 bits per heavy atom. The maximum atomic E-state index is 11.9. The maximum absolute atomic E-state index is 11.9. The molecule has 1 amide bonds. The molecule has 4 N–H and O–H groups in total. The van der Waals surface area contributed by atoms with Crippen molar-refractivity contribution in [2.45, 2.75) is 18.9 Å². The van der Waals surface area contributed by atoms with Gasteiger partial charge in [-0.2, -0.15) is 0 Å². The lowest BCUT2D eigenvalue weighted by molar-refractivity contribution is -0.140. The number of nitrogens with one attached hydrogen (secondary N) is 1. The minimum Gasteiger partial charge on any atom is -0.481 e. The molecule has 0 saturated heterocycles. The van der Waals surface area contributed by atoms with E-state index in [-0.39, 0.29) is 17.5 Å². The molecule has 8 heteroatoms. The number of amides is 1. The van der Waals surface area contributed by atoms with Gasteiger partial charge in [0.25, 0.3) is 5.91 Å². The zero-order valence-corrected chi connectivity index (χ0v) is 10.8. The molecule has 1 rings (SSSR count). The van der Waals surface area contributed by atoms with Gasteiger partial charge in [0.1, 0.15) is 6.04 Å². The van der Waals surface area contributed by atoms with Crippen LogP contribution in [-0.4, -0.2) is 45.2 Å². The van der Waals surface area contributed by atoms with Crippen LogP contribution in [0, 0.1) is 0 Å². The second-order valence-corrected chi connectivity index (χ2v) is 4.15. The number of benzene rings is 1. The van der Waals surface area contributed by atoms with Crippen molar-refractivity contribution in [2.24, 2.45) is 0 Å². The summed E-state index contributed by atoms with van der Waals surface area (Å²) < 4.78 is 0. The summed E-state index contributed by atoms with van der Waals surface area (Å²) in [6, 6.07) is 3.92. The second-order valence-electron chi connectivity index (χ2n) is 4.15. The lowest BCUT2D eigenvalue weighted by Crippen LogP contribution is -2.41. The predicted octanol–water partition coefficient (Wildman–Crippen LogP) is 0.433. The zero-order valence-electron chi connectivity index (χ0n) is 10.8. The Morgan fingerprint density at radius 1 is 1.00 bits per heavy atom. The van der Waals surface area contributed by atoms with E-state index in [2.05, 4.69) is 5.32 Å². The molecule has 0 fully saturated rings. The van der Waals surface area contributed by atoms with E-state index >= 15 is 0 Å². The normalized spacial score (nSPS) is 11.4. The number of hydrogen-bond donors (Lipinski definition) is 4. The van der Waals surface area contributed by atoms with E-state index in [0.29, 0.717) is 0 Å². The summed E-state index contributed by atoms with van der Waals surface area (Å²) in [5.74, 6) is -4.79. The van der Waals surface area contributed by atoms with Crippen LogP contribution in [0.3, 0.4) is 0 Å². The summed E-state index contributed by atoms with van der Waals surface area (Å²) in [5, 5.41) is 28.5. The molecular weight excluding hydrogens is 282 g/mol. The summed E-state index contributed by atoms with van der Waals surface area (Å²) in [6.45, 7) is 0. The molecule has 0 unspecified atom stereocenters. The van der Waals surface area contributed by atoms with Crippen LogP contribution in [-0.2, 0) is 9.59 Å². The highest BCUT2D eigenvalue weighted by Gasteiger charge is 2.23. The molecular formula is C13H13NO7. The molecule has 0 saturated carbocycles. The first kappa shape index (κ1) is 16.2. The minimum absolute atomic E-state index is 0.188. The Hall–Kier alpha value is -2.90. The number of carbonyl (C=O) groups excluding carboxylic acids is 1. The first-order valence-corrected chi connectivity index (χ1v) is 5.90. The molecule has 0 aliphatic rings. The summed E-state index contributed by atoms with van der Waals surface area (Å²) in [7, 11) is 0. The molecule has 0 bridgehead atoms. The summed E-state index contributed by atoms with van der Waals surface area (Å²) >= 11 is 0. The maximum Gasteiger partial charge on any atom is 0.336 e. The van der Waals surface area contributed by atoms with Gasteiger partial charge in [-0.1, -0.05) is 12.1 Å². The van der Waals surface area contributed by atoms with Crippen molar-refractivity contribution in [1.29, 1.82) is 0 Å². The summed E-state index contributed by atoms with van der Waals surface area (Å²) in [5.41, 5.74) is -0.455. The molecule has 0 aromatic heterocycles. The number of hydrogen-bond acceptors (Lipinski definition) is 4. The van der Waals surface area contributed by atoms with Crippen LogP contribution in [0.1, 0.15) is 33.6 Å².